The van der Waals surface area contributed by atoms with E-state index in [1.807, 2.05) is 37.3 Å². The van der Waals surface area contributed by atoms with E-state index in [2.05, 4.69) is 24.3 Å². The first-order chi connectivity index (χ1) is 12.6. The maximum Gasteiger partial charge on any atom is 0.307 e. The summed E-state index contributed by atoms with van der Waals surface area (Å²) in [6.45, 7) is 5.07. The highest BCUT2D eigenvalue weighted by molar-refractivity contribution is 5.77. The number of amides is 1. The molecule has 26 heavy (non-hydrogen) atoms. The summed E-state index contributed by atoms with van der Waals surface area (Å²) in [6.07, 6.45) is 1.35. The summed E-state index contributed by atoms with van der Waals surface area (Å²) in [5, 5.41) is 0. The fourth-order valence-corrected chi connectivity index (χ4v) is 2.72. The Morgan fingerprint density at radius 3 is 2.27 bits per heavy atom. The molecule has 0 saturated carbocycles. The van der Waals surface area contributed by atoms with E-state index >= 15 is 0 Å². The maximum atomic E-state index is 12.7. The number of hydrogen-bond donors (Lipinski definition) is 0. The fraction of sp³-hybridized carbons (Fsp3) is 0.364. The summed E-state index contributed by atoms with van der Waals surface area (Å²) < 4.78 is 4.99. The molecule has 4 nitrogen and oxygen atoms in total. The van der Waals surface area contributed by atoms with Gasteiger partial charge in [-0.25, -0.2) is 0 Å². The number of ether oxygens (including phenoxy) is 1. The van der Waals surface area contributed by atoms with Crippen LogP contribution in [-0.4, -0.2) is 29.9 Å². The third-order valence-electron chi connectivity index (χ3n) is 4.21. The van der Waals surface area contributed by atoms with Crippen LogP contribution in [0.1, 0.15) is 36.5 Å². The van der Waals surface area contributed by atoms with Crippen molar-refractivity contribution < 1.29 is 14.3 Å². The Bertz CT molecular complexity index is 695. The molecule has 0 unspecified atom stereocenters. The number of nitrogens with zero attached hydrogens (tertiary/aromatic N) is 1. The van der Waals surface area contributed by atoms with Crippen LogP contribution in [0.15, 0.2) is 54.6 Å². The van der Waals surface area contributed by atoms with Crippen molar-refractivity contribution in [3.63, 3.8) is 0 Å². The van der Waals surface area contributed by atoms with Crippen LogP contribution in [0.5, 0.6) is 0 Å². The van der Waals surface area contributed by atoms with Crippen LogP contribution in [0.4, 0.5) is 0 Å². The smallest absolute Gasteiger partial charge is 0.307 e. The molecule has 0 N–H and O–H groups in total. The first-order valence-corrected chi connectivity index (χ1v) is 9.11. The van der Waals surface area contributed by atoms with Gasteiger partial charge in [0.2, 0.25) is 5.91 Å². The summed E-state index contributed by atoms with van der Waals surface area (Å²) in [7, 11) is 0. The van der Waals surface area contributed by atoms with Gasteiger partial charge < -0.3 is 9.64 Å². The Morgan fingerprint density at radius 2 is 1.62 bits per heavy atom. The van der Waals surface area contributed by atoms with Crippen LogP contribution in [0, 0.1) is 6.92 Å². The van der Waals surface area contributed by atoms with Crippen LogP contribution in [-0.2, 0) is 27.3 Å². The Morgan fingerprint density at radius 1 is 0.923 bits per heavy atom. The summed E-state index contributed by atoms with van der Waals surface area (Å²) in [5.41, 5.74) is 3.41. The molecule has 2 aromatic rings. The topological polar surface area (TPSA) is 46.6 Å². The second kappa shape index (κ2) is 10.4. The lowest BCUT2D eigenvalue weighted by molar-refractivity contribution is -0.144. The van der Waals surface area contributed by atoms with Gasteiger partial charge in [0.15, 0.2) is 0 Å². The summed E-state index contributed by atoms with van der Waals surface area (Å²) >= 11 is 0. The number of benzene rings is 2. The Labute approximate surface area is 155 Å². The zero-order chi connectivity index (χ0) is 18.8. The average molecular weight is 353 g/mol. The molecule has 0 aliphatic rings. The van der Waals surface area contributed by atoms with Crippen molar-refractivity contribution in [2.24, 2.45) is 0 Å². The van der Waals surface area contributed by atoms with Crippen molar-refractivity contribution in [2.45, 2.75) is 39.7 Å². The van der Waals surface area contributed by atoms with E-state index in [9.17, 15) is 9.59 Å². The number of carbonyl (C=O) groups excluding carboxylic acids is 2. The van der Waals surface area contributed by atoms with E-state index in [-0.39, 0.29) is 18.3 Å². The van der Waals surface area contributed by atoms with Gasteiger partial charge in [0.05, 0.1) is 13.0 Å². The molecule has 2 rings (SSSR count). The van der Waals surface area contributed by atoms with Crippen LogP contribution in [0.2, 0.25) is 0 Å². The molecule has 2 aromatic carbocycles. The van der Waals surface area contributed by atoms with Gasteiger partial charge in [0.1, 0.15) is 0 Å². The van der Waals surface area contributed by atoms with Gasteiger partial charge >= 0.3 is 5.97 Å². The van der Waals surface area contributed by atoms with Crippen LogP contribution in [0.3, 0.4) is 0 Å². The van der Waals surface area contributed by atoms with Gasteiger partial charge in [-0.1, -0.05) is 60.2 Å². The van der Waals surface area contributed by atoms with Crippen molar-refractivity contribution in [3.8, 4) is 0 Å². The largest absolute Gasteiger partial charge is 0.466 e. The zero-order valence-corrected chi connectivity index (χ0v) is 15.6. The number of rotatable bonds is 9. The maximum absolute atomic E-state index is 12.7. The van der Waals surface area contributed by atoms with Crippen molar-refractivity contribution in [3.05, 3.63) is 71.3 Å². The van der Waals surface area contributed by atoms with Gasteiger partial charge in [-0.15, -0.1) is 0 Å². The highest BCUT2D eigenvalue weighted by Gasteiger charge is 2.16. The van der Waals surface area contributed by atoms with Gasteiger partial charge in [-0.3, -0.25) is 9.59 Å². The molecule has 138 valence electrons. The normalized spacial score (nSPS) is 10.4. The molecule has 1 amide bonds. The Hall–Kier alpha value is -2.62. The molecule has 0 saturated heterocycles. The molecule has 0 heterocycles. The van der Waals surface area contributed by atoms with Crippen LogP contribution >= 0.6 is 0 Å². The molecule has 0 bridgehead atoms. The average Bonchev–Trinajstić information content (AvgIpc) is 2.65. The molecular formula is C22H27NO3. The lowest BCUT2D eigenvalue weighted by Crippen LogP contribution is -2.33. The van der Waals surface area contributed by atoms with Crippen LogP contribution in [0.25, 0.3) is 0 Å². The van der Waals surface area contributed by atoms with Crippen molar-refractivity contribution in [2.75, 3.05) is 13.2 Å². The molecule has 4 heteroatoms. The van der Waals surface area contributed by atoms with Gasteiger partial charge in [0.25, 0.3) is 0 Å². The van der Waals surface area contributed by atoms with Crippen LogP contribution < -0.4 is 0 Å². The standard InChI is InChI=1S/C22H27NO3/c1-3-26-22(25)15-16-23(17-20-7-5-4-6-8-20)21(24)14-13-19-11-9-18(2)10-12-19/h4-12H,3,13-17H2,1-2H3. The number of hydrogen-bond acceptors (Lipinski definition) is 3. The van der Waals surface area contributed by atoms with E-state index in [0.29, 0.717) is 32.5 Å². The number of aryl methyl sites for hydroxylation is 2. The van der Waals surface area contributed by atoms with Crippen molar-refractivity contribution >= 4 is 11.9 Å². The molecule has 0 aliphatic heterocycles. The number of esters is 1. The predicted octanol–water partition coefficient (Wildman–Crippen LogP) is 3.91. The molecule has 0 aliphatic carbocycles. The summed E-state index contributed by atoms with van der Waals surface area (Å²) in [6, 6.07) is 18.1. The van der Waals surface area contributed by atoms with Crippen molar-refractivity contribution in [1.29, 1.82) is 0 Å². The molecule has 0 radical (unpaired) electrons. The SMILES string of the molecule is CCOC(=O)CCN(Cc1ccccc1)C(=O)CCc1ccc(C)cc1. The highest BCUT2D eigenvalue weighted by Crippen LogP contribution is 2.11. The fourth-order valence-electron chi connectivity index (χ4n) is 2.72. The zero-order valence-electron chi connectivity index (χ0n) is 15.6. The molecule has 0 fully saturated rings. The lowest BCUT2D eigenvalue weighted by atomic mass is 10.1. The second-order valence-corrected chi connectivity index (χ2v) is 6.34. The van der Waals surface area contributed by atoms with Crippen molar-refractivity contribution in [1.82, 2.24) is 4.90 Å². The minimum atomic E-state index is -0.267. The van der Waals surface area contributed by atoms with E-state index in [4.69, 9.17) is 4.74 Å². The predicted molar refractivity (Wildman–Crippen MR) is 103 cm³/mol. The minimum Gasteiger partial charge on any atom is -0.466 e. The quantitative estimate of drug-likeness (QED) is 0.642. The first-order valence-electron chi connectivity index (χ1n) is 9.11. The van der Waals surface area contributed by atoms with Gasteiger partial charge in [0, 0.05) is 19.5 Å². The lowest BCUT2D eigenvalue weighted by Gasteiger charge is -2.22. The Balaban J connectivity index is 1.97. The van der Waals surface area contributed by atoms with Gasteiger partial charge in [-0.05, 0) is 31.4 Å². The van der Waals surface area contributed by atoms with E-state index < -0.39 is 0 Å². The first kappa shape index (κ1) is 19.7. The number of carbonyl (C=O) groups is 2. The summed E-state index contributed by atoms with van der Waals surface area (Å²) in [5.74, 6) is -0.212. The third-order valence-corrected chi connectivity index (χ3v) is 4.21. The molecule has 0 aromatic heterocycles. The third kappa shape index (κ3) is 6.71. The van der Waals surface area contributed by atoms with Gasteiger partial charge in [-0.2, -0.15) is 0 Å². The van der Waals surface area contributed by atoms with E-state index in [1.165, 1.54) is 5.56 Å². The molecular weight excluding hydrogens is 326 g/mol. The molecule has 0 spiro atoms. The van der Waals surface area contributed by atoms with E-state index in [1.54, 1.807) is 11.8 Å². The highest BCUT2D eigenvalue weighted by atomic mass is 16.5. The monoisotopic (exact) mass is 353 g/mol. The minimum absolute atomic E-state index is 0.0544. The molecule has 0 atom stereocenters. The summed E-state index contributed by atoms with van der Waals surface area (Å²) in [4.78, 5) is 26.2. The Kier molecular flexibility index (Phi) is 7.87. The second-order valence-electron chi connectivity index (χ2n) is 6.34. The van der Waals surface area contributed by atoms with E-state index in [0.717, 1.165) is 11.1 Å².